The summed E-state index contributed by atoms with van der Waals surface area (Å²) < 4.78 is 13.8. The van der Waals surface area contributed by atoms with Crippen molar-refractivity contribution in [3.8, 4) is 0 Å². The molecule has 1 atom stereocenters. The van der Waals surface area contributed by atoms with Crippen LogP contribution in [0.2, 0.25) is 5.02 Å². The minimum atomic E-state index is -0.435. The fourth-order valence-electron chi connectivity index (χ4n) is 4.08. The maximum Gasteiger partial charge on any atom is 0.242 e. The first kappa shape index (κ1) is 19.7. The van der Waals surface area contributed by atoms with Crippen molar-refractivity contribution >= 4 is 34.7 Å². The normalized spacial score (nSPS) is 18.7. The van der Waals surface area contributed by atoms with Gasteiger partial charge in [0.2, 0.25) is 5.91 Å². The van der Waals surface area contributed by atoms with Crippen LogP contribution in [0.3, 0.4) is 0 Å². The highest BCUT2D eigenvalue weighted by molar-refractivity contribution is 6.30. The Labute approximate surface area is 174 Å². The van der Waals surface area contributed by atoms with E-state index in [1.807, 2.05) is 30.0 Å². The highest BCUT2D eigenvalue weighted by Crippen LogP contribution is 2.25. The second-order valence-corrected chi connectivity index (χ2v) is 8.12. The topological polar surface area (TPSA) is 52.6 Å². The molecule has 4 rings (SSSR count). The van der Waals surface area contributed by atoms with Crippen LogP contribution in [0.1, 0.15) is 18.1 Å². The van der Waals surface area contributed by atoms with Crippen LogP contribution in [0.5, 0.6) is 0 Å². The number of rotatable bonds is 4. The van der Waals surface area contributed by atoms with E-state index in [4.69, 9.17) is 11.6 Å². The van der Waals surface area contributed by atoms with E-state index >= 15 is 0 Å². The van der Waals surface area contributed by atoms with Crippen LogP contribution in [-0.4, -0.2) is 48.8 Å². The molecule has 0 bridgehead atoms. The molecule has 152 valence electrons. The van der Waals surface area contributed by atoms with Gasteiger partial charge in [0.15, 0.2) is 0 Å². The summed E-state index contributed by atoms with van der Waals surface area (Å²) in [5, 5.41) is 3.29. The molecule has 0 saturated carbocycles. The van der Waals surface area contributed by atoms with E-state index in [1.54, 1.807) is 12.1 Å². The van der Waals surface area contributed by atoms with E-state index in [2.05, 4.69) is 10.2 Å². The average Bonchev–Trinajstić information content (AvgIpc) is 3.07. The molecule has 1 aliphatic carbocycles. The fraction of sp³-hybridized carbons (Fsp3) is 0.364. The monoisotopic (exact) mass is 415 g/mol. The lowest BCUT2D eigenvalue weighted by atomic mass is 10.1. The van der Waals surface area contributed by atoms with Gasteiger partial charge >= 0.3 is 0 Å². The van der Waals surface area contributed by atoms with Crippen molar-refractivity contribution in [3.05, 3.63) is 58.4 Å². The molecule has 2 aromatic carbocycles. The molecule has 1 aliphatic heterocycles. The van der Waals surface area contributed by atoms with Crippen LogP contribution < -0.4 is 10.2 Å². The number of ketones is 1. The zero-order chi connectivity index (χ0) is 20.5. The Kier molecular flexibility index (Phi) is 5.46. The van der Waals surface area contributed by atoms with Crippen molar-refractivity contribution in [2.75, 3.05) is 36.4 Å². The van der Waals surface area contributed by atoms with Gasteiger partial charge in [0.1, 0.15) is 11.6 Å². The molecule has 1 heterocycles. The van der Waals surface area contributed by atoms with Crippen molar-refractivity contribution in [1.82, 2.24) is 4.90 Å². The van der Waals surface area contributed by atoms with Crippen molar-refractivity contribution in [1.29, 1.82) is 0 Å². The minimum absolute atomic E-state index is 0.00873. The third-order valence-corrected chi connectivity index (χ3v) is 5.95. The smallest absolute Gasteiger partial charge is 0.242 e. The first-order valence-electron chi connectivity index (χ1n) is 9.77. The number of fused-ring (bicyclic) bond motifs is 1. The number of nitrogens with zero attached hydrogens (tertiary/aromatic N) is 2. The van der Waals surface area contributed by atoms with Gasteiger partial charge in [0, 0.05) is 49.9 Å². The number of benzene rings is 2. The number of carbonyl (C=O) groups is 2. The van der Waals surface area contributed by atoms with Gasteiger partial charge in [0.05, 0.1) is 11.6 Å². The lowest BCUT2D eigenvalue weighted by Crippen LogP contribution is -2.55. The van der Waals surface area contributed by atoms with Crippen molar-refractivity contribution in [2.24, 2.45) is 0 Å². The van der Waals surface area contributed by atoms with Crippen LogP contribution in [0.15, 0.2) is 36.4 Å². The summed E-state index contributed by atoms with van der Waals surface area (Å²) in [6, 6.07) is 10.6. The summed E-state index contributed by atoms with van der Waals surface area (Å²) in [5.74, 6) is -0.174. The number of hydrogen-bond donors (Lipinski definition) is 1. The standard InChI is InChI=1S/C22H23ClFN3O2/c1-14-13-26(18-4-5-20(23)21(24)11-18)6-7-27(14)22(29)12-25-17-3-2-15-9-19(28)10-16(15)8-17/h2-5,8,11,14,25H,6-7,9-10,12-13H2,1H3/t14-/m1/s1. The van der Waals surface area contributed by atoms with Crippen LogP contribution in [0.4, 0.5) is 15.8 Å². The number of nitrogens with one attached hydrogen (secondary N) is 1. The molecule has 7 heteroatoms. The SMILES string of the molecule is C[C@@H]1CN(c2ccc(Cl)c(F)c2)CCN1C(=O)CNc1ccc2c(c1)CC(=O)C2. The van der Waals surface area contributed by atoms with Gasteiger partial charge in [-0.2, -0.15) is 0 Å². The van der Waals surface area contributed by atoms with Gasteiger partial charge in [0.25, 0.3) is 0 Å². The van der Waals surface area contributed by atoms with Gasteiger partial charge in [-0.05, 0) is 48.4 Å². The molecule has 2 aliphatic rings. The summed E-state index contributed by atoms with van der Waals surface area (Å²) in [4.78, 5) is 28.2. The van der Waals surface area contributed by atoms with Gasteiger partial charge in [-0.3, -0.25) is 9.59 Å². The molecule has 29 heavy (non-hydrogen) atoms. The maximum absolute atomic E-state index is 13.8. The second-order valence-electron chi connectivity index (χ2n) is 7.71. The molecule has 0 unspecified atom stereocenters. The van der Waals surface area contributed by atoms with Crippen LogP contribution in [0.25, 0.3) is 0 Å². The second kappa shape index (κ2) is 8.03. The average molecular weight is 416 g/mol. The summed E-state index contributed by atoms with van der Waals surface area (Å²) in [6.45, 7) is 4.04. The highest BCUT2D eigenvalue weighted by atomic mass is 35.5. The number of hydrogen-bond acceptors (Lipinski definition) is 4. The summed E-state index contributed by atoms with van der Waals surface area (Å²) in [7, 11) is 0. The number of carbonyl (C=O) groups excluding carboxylic acids is 2. The van der Waals surface area contributed by atoms with E-state index in [1.165, 1.54) is 6.07 Å². The van der Waals surface area contributed by atoms with Crippen molar-refractivity contribution in [2.45, 2.75) is 25.8 Å². The summed E-state index contributed by atoms with van der Waals surface area (Å²) in [5.41, 5.74) is 3.76. The maximum atomic E-state index is 13.8. The van der Waals surface area contributed by atoms with Gasteiger partial charge < -0.3 is 15.1 Å². The lowest BCUT2D eigenvalue weighted by Gasteiger charge is -2.41. The van der Waals surface area contributed by atoms with E-state index in [0.717, 1.165) is 22.5 Å². The molecule has 1 N–H and O–H groups in total. The summed E-state index contributed by atoms with van der Waals surface area (Å²) in [6.07, 6.45) is 0.983. The number of halogens is 2. The number of piperazine rings is 1. The van der Waals surface area contributed by atoms with Crippen molar-refractivity contribution in [3.63, 3.8) is 0 Å². The number of amides is 1. The quantitative estimate of drug-likeness (QED) is 0.832. The van der Waals surface area contributed by atoms with Crippen LogP contribution >= 0.6 is 11.6 Å². The number of Topliss-reactive ketones (excluding diaryl/α,β-unsaturated/α-hetero) is 1. The van der Waals surface area contributed by atoms with Gasteiger partial charge in [-0.15, -0.1) is 0 Å². The Bertz CT molecular complexity index is 965. The number of anilines is 2. The Balaban J connectivity index is 1.34. The largest absolute Gasteiger partial charge is 0.376 e. The molecule has 1 saturated heterocycles. The van der Waals surface area contributed by atoms with Crippen molar-refractivity contribution < 1.29 is 14.0 Å². The molecule has 1 amide bonds. The molecule has 0 radical (unpaired) electrons. The predicted molar refractivity (Wildman–Crippen MR) is 112 cm³/mol. The summed E-state index contributed by atoms with van der Waals surface area (Å²) >= 11 is 5.77. The highest BCUT2D eigenvalue weighted by Gasteiger charge is 2.27. The molecule has 1 fully saturated rings. The molecule has 0 aromatic heterocycles. The predicted octanol–water partition coefficient (Wildman–Crippen LogP) is 3.30. The molecule has 0 spiro atoms. The van der Waals surface area contributed by atoms with Gasteiger partial charge in [-0.1, -0.05) is 17.7 Å². The molecule has 5 nitrogen and oxygen atoms in total. The zero-order valence-electron chi connectivity index (χ0n) is 16.3. The Morgan fingerprint density at radius 1 is 1.17 bits per heavy atom. The Morgan fingerprint density at radius 2 is 1.97 bits per heavy atom. The first-order valence-corrected chi connectivity index (χ1v) is 10.2. The lowest BCUT2D eigenvalue weighted by molar-refractivity contribution is -0.131. The van der Waals surface area contributed by atoms with E-state index < -0.39 is 5.82 Å². The van der Waals surface area contributed by atoms with E-state index in [-0.39, 0.29) is 29.3 Å². The van der Waals surface area contributed by atoms with Crippen LogP contribution in [0, 0.1) is 5.82 Å². The molecular formula is C22H23ClFN3O2. The Morgan fingerprint density at radius 3 is 2.72 bits per heavy atom. The molecular weight excluding hydrogens is 393 g/mol. The third kappa shape index (κ3) is 4.22. The van der Waals surface area contributed by atoms with E-state index in [9.17, 15) is 14.0 Å². The first-order chi connectivity index (χ1) is 13.9. The van der Waals surface area contributed by atoms with Gasteiger partial charge in [-0.25, -0.2) is 4.39 Å². The molecule has 2 aromatic rings. The van der Waals surface area contributed by atoms with E-state index in [0.29, 0.717) is 32.5 Å². The van der Waals surface area contributed by atoms with Crippen LogP contribution in [-0.2, 0) is 22.4 Å². The fourth-order valence-corrected chi connectivity index (χ4v) is 4.20. The minimum Gasteiger partial charge on any atom is -0.376 e. The zero-order valence-corrected chi connectivity index (χ0v) is 17.0. The Hall–Kier alpha value is -2.60. The third-order valence-electron chi connectivity index (χ3n) is 5.64.